The van der Waals surface area contributed by atoms with E-state index < -0.39 is 0 Å². The molecule has 0 heterocycles. The molecule has 1 unspecified atom stereocenters. The molecule has 0 bridgehead atoms. The lowest BCUT2D eigenvalue weighted by Gasteiger charge is -2.09. The molecule has 2 aromatic carbocycles. The number of benzene rings is 2. The van der Waals surface area contributed by atoms with E-state index in [0.717, 1.165) is 12.0 Å². The van der Waals surface area contributed by atoms with Gasteiger partial charge >= 0.3 is 0 Å². The van der Waals surface area contributed by atoms with E-state index in [9.17, 15) is 0 Å². The molecule has 0 saturated carbocycles. The summed E-state index contributed by atoms with van der Waals surface area (Å²) in [6.45, 7) is 11.8. The summed E-state index contributed by atoms with van der Waals surface area (Å²) in [5.41, 5.74) is 13.1. The van der Waals surface area contributed by atoms with E-state index >= 15 is 0 Å². The van der Waals surface area contributed by atoms with Gasteiger partial charge in [0.05, 0.1) is 0 Å². The van der Waals surface area contributed by atoms with E-state index in [4.69, 9.17) is 5.73 Å². The van der Waals surface area contributed by atoms with Crippen LogP contribution in [-0.4, -0.2) is 6.04 Å². The Hall–Kier alpha value is -2.38. The summed E-state index contributed by atoms with van der Waals surface area (Å²) in [6, 6.07) is 15.1. The molecule has 0 spiro atoms. The minimum absolute atomic E-state index is 0.141. The van der Waals surface area contributed by atoms with Crippen molar-refractivity contribution in [3.63, 3.8) is 0 Å². The van der Waals surface area contributed by atoms with Gasteiger partial charge in [0, 0.05) is 6.04 Å². The van der Waals surface area contributed by atoms with E-state index in [1.807, 2.05) is 19.1 Å². The van der Waals surface area contributed by atoms with Crippen LogP contribution in [-0.2, 0) is 0 Å². The highest BCUT2D eigenvalue weighted by Crippen LogP contribution is 2.25. The van der Waals surface area contributed by atoms with Gasteiger partial charge in [-0.3, -0.25) is 0 Å². The molecule has 0 radical (unpaired) electrons. The number of allylic oxidation sites excluding steroid dienone is 1. The van der Waals surface area contributed by atoms with Crippen LogP contribution in [0.25, 0.3) is 23.3 Å². The van der Waals surface area contributed by atoms with Crippen molar-refractivity contribution < 1.29 is 0 Å². The molecule has 2 aromatic rings. The summed E-state index contributed by atoms with van der Waals surface area (Å²) in [6.07, 6.45) is 6.77. The molecule has 23 heavy (non-hydrogen) atoms. The standard InChI is InChI=1S/C22H25N/c1-5-18-7-9-20(10-8-18)22-12-11-21(16(3)13-22)15-19(6-2)14-17(4)23/h5-13,15,17H,1-2,14,23H2,3-4H3/b19-15-. The number of aryl methyl sites for hydroxylation is 1. The molecule has 0 saturated heterocycles. The maximum Gasteiger partial charge on any atom is 0.00509 e. The summed E-state index contributed by atoms with van der Waals surface area (Å²) >= 11 is 0. The molecular formula is C22H25N. The van der Waals surface area contributed by atoms with Crippen molar-refractivity contribution in [3.05, 3.63) is 84.0 Å². The van der Waals surface area contributed by atoms with E-state index in [2.05, 4.69) is 68.6 Å². The number of nitrogens with two attached hydrogens (primary N) is 1. The van der Waals surface area contributed by atoms with Crippen LogP contribution >= 0.6 is 0 Å². The predicted octanol–water partition coefficient (Wildman–Crippen LogP) is 5.61. The van der Waals surface area contributed by atoms with Crippen molar-refractivity contribution >= 4 is 12.2 Å². The van der Waals surface area contributed by atoms with Gasteiger partial charge in [-0.05, 0) is 53.7 Å². The maximum atomic E-state index is 5.89. The first-order valence-electron chi connectivity index (χ1n) is 7.95. The second kappa shape index (κ2) is 7.75. The van der Waals surface area contributed by atoms with Crippen LogP contribution in [0.4, 0.5) is 0 Å². The highest BCUT2D eigenvalue weighted by atomic mass is 14.6. The highest BCUT2D eigenvalue weighted by Gasteiger charge is 2.03. The molecule has 1 nitrogen and oxygen atoms in total. The van der Waals surface area contributed by atoms with Gasteiger partial charge in [-0.25, -0.2) is 0 Å². The van der Waals surface area contributed by atoms with Gasteiger partial charge in [-0.15, -0.1) is 0 Å². The fourth-order valence-corrected chi connectivity index (χ4v) is 2.60. The number of hydrogen-bond donors (Lipinski definition) is 1. The molecule has 0 aliphatic heterocycles. The zero-order chi connectivity index (χ0) is 16.8. The number of hydrogen-bond acceptors (Lipinski definition) is 1. The van der Waals surface area contributed by atoms with Gasteiger partial charge in [-0.2, -0.15) is 0 Å². The fourth-order valence-electron chi connectivity index (χ4n) is 2.60. The van der Waals surface area contributed by atoms with Crippen LogP contribution in [0.15, 0.2) is 67.3 Å². The van der Waals surface area contributed by atoms with Gasteiger partial charge in [0.2, 0.25) is 0 Å². The minimum atomic E-state index is 0.141. The van der Waals surface area contributed by atoms with Crippen molar-refractivity contribution in [2.45, 2.75) is 26.3 Å². The molecule has 0 amide bonds. The molecular weight excluding hydrogens is 278 g/mol. The zero-order valence-corrected chi connectivity index (χ0v) is 14.0. The summed E-state index contributed by atoms with van der Waals surface area (Å²) in [7, 11) is 0. The van der Waals surface area contributed by atoms with Crippen LogP contribution in [0.3, 0.4) is 0 Å². The Morgan fingerprint density at radius 2 is 1.74 bits per heavy atom. The van der Waals surface area contributed by atoms with Gasteiger partial charge in [0.15, 0.2) is 0 Å². The molecule has 118 valence electrons. The lowest BCUT2D eigenvalue weighted by Crippen LogP contribution is -2.14. The molecule has 2 rings (SSSR count). The SMILES string of the molecule is C=C/C(=C/c1ccc(-c2ccc(C=C)cc2)cc1C)CC(C)N. The summed E-state index contributed by atoms with van der Waals surface area (Å²) < 4.78 is 0. The Bertz CT molecular complexity index is 718. The van der Waals surface area contributed by atoms with Gasteiger partial charge in [0.25, 0.3) is 0 Å². The summed E-state index contributed by atoms with van der Waals surface area (Å²) in [5, 5.41) is 0. The molecule has 0 aliphatic rings. The minimum Gasteiger partial charge on any atom is -0.328 e. The Morgan fingerprint density at radius 1 is 1.09 bits per heavy atom. The highest BCUT2D eigenvalue weighted by molar-refractivity contribution is 5.70. The quantitative estimate of drug-likeness (QED) is 0.689. The first-order valence-corrected chi connectivity index (χ1v) is 7.95. The third kappa shape index (κ3) is 4.54. The monoisotopic (exact) mass is 303 g/mol. The predicted molar refractivity (Wildman–Crippen MR) is 103 cm³/mol. The van der Waals surface area contributed by atoms with Gasteiger partial charge in [0.1, 0.15) is 0 Å². The molecule has 1 heteroatoms. The summed E-state index contributed by atoms with van der Waals surface area (Å²) in [4.78, 5) is 0. The third-order valence-corrected chi connectivity index (χ3v) is 3.91. The van der Waals surface area contributed by atoms with Crippen molar-refractivity contribution in [2.75, 3.05) is 0 Å². The van der Waals surface area contributed by atoms with E-state index in [1.54, 1.807) is 0 Å². The normalized spacial score (nSPS) is 12.7. The summed E-state index contributed by atoms with van der Waals surface area (Å²) in [5.74, 6) is 0. The van der Waals surface area contributed by atoms with Crippen LogP contribution in [0.1, 0.15) is 30.0 Å². The van der Waals surface area contributed by atoms with Gasteiger partial charge < -0.3 is 5.73 Å². The second-order valence-corrected chi connectivity index (χ2v) is 6.00. The Balaban J connectivity index is 2.31. The molecule has 1 atom stereocenters. The largest absolute Gasteiger partial charge is 0.328 e. The van der Waals surface area contributed by atoms with Crippen molar-refractivity contribution in [3.8, 4) is 11.1 Å². The lowest BCUT2D eigenvalue weighted by molar-refractivity contribution is 0.743. The van der Waals surface area contributed by atoms with Crippen LogP contribution < -0.4 is 5.73 Å². The smallest absolute Gasteiger partial charge is 0.00509 e. The average Bonchev–Trinajstić information content (AvgIpc) is 2.55. The topological polar surface area (TPSA) is 26.0 Å². The molecule has 0 aliphatic carbocycles. The Kier molecular flexibility index (Phi) is 5.72. The van der Waals surface area contributed by atoms with Crippen LogP contribution in [0.2, 0.25) is 0 Å². The molecule has 0 aromatic heterocycles. The fraction of sp³-hybridized carbons (Fsp3) is 0.182. The van der Waals surface area contributed by atoms with Crippen LogP contribution in [0, 0.1) is 6.92 Å². The Morgan fingerprint density at radius 3 is 2.26 bits per heavy atom. The maximum absolute atomic E-state index is 5.89. The van der Waals surface area contributed by atoms with Crippen LogP contribution in [0.5, 0.6) is 0 Å². The molecule has 2 N–H and O–H groups in total. The third-order valence-electron chi connectivity index (χ3n) is 3.91. The van der Waals surface area contributed by atoms with Crippen molar-refractivity contribution in [1.82, 2.24) is 0 Å². The van der Waals surface area contributed by atoms with E-state index in [-0.39, 0.29) is 6.04 Å². The van der Waals surface area contributed by atoms with Crippen molar-refractivity contribution in [2.24, 2.45) is 5.73 Å². The lowest BCUT2D eigenvalue weighted by atomic mass is 9.97. The molecule has 0 fully saturated rings. The average molecular weight is 303 g/mol. The number of rotatable bonds is 6. The van der Waals surface area contributed by atoms with Crippen molar-refractivity contribution in [1.29, 1.82) is 0 Å². The Labute approximate surface area is 139 Å². The first-order chi connectivity index (χ1) is 11.0. The van der Waals surface area contributed by atoms with E-state index in [1.165, 1.54) is 27.8 Å². The first kappa shape index (κ1) is 17.0. The van der Waals surface area contributed by atoms with Gasteiger partial charge in [-0.1, -0.05) is 73.9 Å². The zero-order valence-electron chi connectivity index (χ0n) is 14.0. The van der Waals surface area contributed by atoms with E-state index in [0.29, 0.717) is 0 Å². The second-order valence-electron chi connectivity index (χ2n) is 6.00.